The molecule has 2 rings (SSSR count). The fraction of sp³-hybridized carbons (Fsp3) is 0.316. The van der Waals surface area contributed by atoms with E-state index in [4.69, 9.17) is 4.74 Å². The van der Waals surface area contributed by atoms with Crippen LogP contribution in [0.4, 0.5) is 0 Å². The first-order chi connectivity index (χ1) is 11.2. The Morgan fingerprint density at radius 1 is 1.13 bits per heavy atom. The molecule has 2 aromatic rings. The van der Waals surface area contributed by atoms with E-state index in [0.29, 0.717) is 30.7 Å². The Labute approximate surface area is 137 Å². The van der Waals surface area contributed by atoms with Crippen molar-refractivity contribution >= 4 is 5.78 Å². The number of carbonyl (C=O) groups excluding carboxylic acids is 1. The predicted molar refractivity (Wildman–Crippen MR) is 91.0 cm³/mol. The van der Waals surface area contributed by atoms with Crippen molar-refractivity contribution in [2.75, 3.05) is 20.2 Å². The maximum atomic E-state index is 12.5. The summed E-state index contributed by atoms with van der Waals surface area (Å²) in [5.41, 5.74) is 1.71. The summed E-state index contributed by atoms with van der Waals surface area (Å²) in [6.45, 7) is 0.605. The van der Waals surface area contributed by atoms with Gasteiger partial charge in [-0.2, -0.15) is 0 Å². The largest absolute Gasteiger partial charge is 0.490 e. The highest BCUT2D eigenvalue weighted by atomic mass is 16.5. The van der Waals surface area contributed by atoms with Gasteiger partial charge in [0.05, 0.1) is 5.56 Å². The lowest BCUT2D eigenvalue weighted by Crippen LogP contribution is -2.29. The van der Waals surface area contributed by atoms with E-state index < -0.39 is 6.10 Å². The molecule has 1 atom stereocenters. The van der Waals surface area contributed by atoms with Crippen LogP contribution in [0.3, 0.4) is 0 Å². The standard InChI is InChI=1S/C19H23NO3/c1-20-13-16(21)14-23-19-10-6-5-9-17(19)18(22)12-11-15-7-3-2-4-8-15/h2-10,16,20-21H,11-14H2,1H3. The molecule has 2 aromatic carbocycles. The average Bonchev–Trinajstić information content (AvgIpc) is 2.59. The Balaban J connectivity index is 1.97. The fourth-order valence-electron chi connectivity index (χ4n) is 2.34. The molecular formula is C19H23NO3. The van der Waals surface area contributed by atoms with E-state index >= 15 is 0 Å². The highest BCUT2D eigenvalue weighted by molar-refractivity contribution is 5.98. The minimum absolute atomic E-state index is 0.0487. The zero-order chi connectivity index (χ0) is 16.5. The van der Waals surface area contributed by atoms with Crippen molar-refractivity contribution in [1.82, 2.24) is 5.32 Å². The molecule has 0 spiro atoms. The summed E-state index contributed by atoms with van der Waals surface area (Å²) in [5, 5.41) is 12.6. The van der Waals surface area contributed by atoms with Gasteiger partial charge in [-0.15, -0.1) is 0 Å². The van der Waals surface area contributed by atoms with Crippen LogP contribution in [0, 0.1) is 0 Å². The summed E-state index contributed by atoms with van der Waals surface area (Å²) in [4.78, 5) is 12.5. The molecular weight excluding hydrogens is 290 g/mol. The van der Waals surface area contributed by atoms with Crippen LogP contribution in [0.15, 0.2) is 54.6 Å². The predicted octanol–water partition coefficient (Wildman–Crippen LogP) is 2.46. The normalized spacial score (nSPS) is 11.9. The van der Waals surface area contributed by atoms with Gasteiger partial charge in [0.15, 0.2) is 5.78 Å². The minimum Gasteiger partial charge on any atom is -0.490 e. The molecule has 0 aliphatic rings. The van der Waals surface area contributed by atoms with Gasteiger partial charge in [0.1, 0.15) is 18.5 Å². The number of aliphatic hydroxyl groups is 1. The van der Waals surface area contributed by atoms with E-state index in [1.807, 2.05) is 42.5 Å². The number of nitrogens with one attached hydrogen (secondary N) is 1. The Hall–Kier alpha value is -2.17. The van der Waals surface area contributed by atoms with Crippen LogP contribution in [-0.4, -0.2) is 37.2 Å². The van der Waals surface area contributed by atoms with Crippen molar-refractivity contribution in [3.05, 3.63) is 65.7 Å². The molecule has 4 heteroatoms. The number of carbonyl (C=O) groups is 1. The van der Waals surface area contributed by atoms with Gasteiger partial charge >= 0.3 is 0 Å². The number of benzene rings is 2. The second-order valence-electron chi connectivity index (χ2n) is 5.43. The lowest BCUT2D eigenvalue weighted by Gasteiger charge is -2.14. The lowest BCUT2D eigenvalue weighted by molar-refractivity contribution is 0.0953. The molecule has 2 N–H and O–H groups in total. The first-order valence-electron chi connectivity index (χ1n) is 7.82. The third-order valence-electron chi connectivity index (χ3n) is 3.54. The van der Waals surface area contributed by atoms with Crippen molar-refractivity contribution in [2.45, 2.75) is 18.9 Å². The van der Waals surface area contributed by atoms with Crippen molar-refractivity contribution < 1.29 is 14.6 Å². The number of para-hydroxylation sites is 1. The number of ketones is 1. The number of hydrogen-bond acceptors (Lipinski definition) is 4. The van der Waals surface area contributed by atoms with Gasteiger partial charge < -0.3 is 15.2 Å². The molecule has 0 amide bonds. The van der Waals surface area contributed by atoms with Crippen LogP contribution in [-0.2, 0) is 6.42 Å². The second-order valence-corrected chi connectivity index (χ2v) is 5.43. The maximum absolute atomic E-state index is 12.5. The van der Waals surface area contributed by atoms with Gasteiger partial charge in [-0.05, 0) is 31.2 Å². The number of likely N-dealkylation sites (N-methyl/N-ethyl adjacent to an activating group) is 1. The molecule has 1 unspecified atom stereocenters. The molecule has 0 bridgehead atoms. The van der Waals surface area contributed by atoms with Crippen LogP contribution in [0.2, 0.25) is 0 Å². The maximum Gasteiger partial charge on any atom is 0.166 e. The molecule has 0 saturated heterocycles. The highest BCUT2D eigenvalue weighted by Crippen LogP contribution is 2.20. The summed E-state index contributed by atoms with van der Waals surface area (Å²) >= 11 is 0. The zero-order valence-electron chi connectivity index (χ0n) is 13.4. The van der Waals surface area contributed by atoms with Crippen LogP contribution < -0.4 is 10.1 Å². The van der Waals surface area contributed by atoms with Gasteiger partial charge in [0.2, 0.25) is 0 Å². The van der Waals surface area contributed by atoms with E-state index in [9.17, 15) is 9.90 Å². The molecule has 0 fully saturated rings. The monoisotopic (exact) mass is 313 g/mol. The number of aryl methyl sites for hydroxylation is 1. The smallest absolute Gasteiger partial charge is 0.166 e. The molecule has 4 nitrogen and oxygen atoms in total. The molecule has 0 heterocycles. The Bertz CT molecular complexity index is 613. The van der Waals surface area contributed by atoms with E-state index in [0.717, 1.165) is 5.56 Å². The van der Waals surface area contributed by atoms with Crippen LogP contribution in [0.5, 0.6) is 5.75 Å². The Morgan fingerprint density at radius 2 is 1.83 bits per heavy atom. The van der Waals surface area contributed by atoms with E-state index in [1.165, 1.54) is 0 Å². The third-order valence-corrected chi connectivity index (χ3v) is 3.54. The van der Waals surface area contributed by atoms with Gasteiger partial charge in [-0.3, -0.25) is 4.79 Å². The summed E-state index contributed by atoms with van der Waals surface area (Å²) in [6, 6.07) is 17.1. The second kappa shape index (κ2) is 9.08. The summed E-state index contributed by atoms with van der Waals surface area (Å²) in [6.07, 6.45) is 0.535. The summed E-state index contributed by atoms with van der Waals surface area (Å²) < 4.78 is 5.61. The van der Waals surface area contributed by atoms with Crippen molar-refractivity contribution in [1.29, 1.82) is 0 Å². The third kappa shape index (κ3) is 5.51. The first-order valence-corrected chi connectivity index (χ1v) is 7.82. The zero-order valence-corrected chi connectivity index (χ0v) is 13.4. The van der Waals surface area contributed by atoms with E-state index in [1.54, 1.807) is 19.2 Å². The SMILES string of the molecule is CNCC(O)COc1ccccc1C(=O)CCc1ccccc1. The highest BCUT2D eigenvalue weighted by Gasteiger charge is 2.13. The van der Waals surface area contributed by atoms with Crippen molar-refractivity contribution in [2.24, 2.45) is 0 Å². The number of Topliss-reactive ketones (excluding diaryl/α,β-unsaturated/α-hetero) is 1. The molecule has 0 aliphatic heterocycles. The number of rotatable bonds is 9. The fourth-order valence-corrected chi connectivity index (χ4v) is 2.34. The number of aliphatic hydroxyl groups excluding tert-OH is 1. The van der Waals surface area contributed by atoms with Gasteiger partial charge in [-0.1, -0.05) is 42.5 Å². The van der Waals surface area contributed by atoms with Crippen molar-refractivity contribution in [3.63, 3.8) is 0 Å². The first kappa shape index (κ1) is 17.2. The molecule has 0 aromatic heterocycles. The molecule has 0 saturated carbocycles. The quantitative estimate of drug-likeness (QED) is 0.698. The van der Waals surface area contributed by atoms with Gasteiger partial charge in [-0.25, -0.2) is 0 Å². The number of ether oxygens (including phenoxy) is 1. The minimum atomic E-state index is -0.604. The van der Waals surface area contributed by atoms with Crippen molar-refractivity contribution in [3.8, 4) is 5.75 Å². The Morgan fingerprint density at radius 3 is 2.57 bits per heavy atom. The molecule has 0 aliphatic carbocycles. The molecule has 122 valence electrons. The van der Waals surface area contributed by atoms with Crippen LogP contribution in [0.1, 0.15) is 22.3 Å². The molecule has 23 heavy (non-hydrogen) atoms. The lowest BCUT2D eigenvalue weighted by atomic mass is 10.0. The van der Waals surface area contributed by atoms with Crippen LogP contribution >= 0.6 is 0 Å². The summed E-state index contributed by atoms with van der Waals surface area (Å²) in [7, 11) is 1.77. The van der Waals surface area contributed by atoms with Crippen LogP contribution in [0.25, 0.3) is 0 Å². The van der Waals surface area contributed by atoms with Gasteiger partial charge in [0.25, 0.3) is 0 Å². The Kier molecular flexibility index (Phi) is 6.78. The molecule has 0 radical (unpaired) electrons. The van der Waals surface area contributed by atoms with E-state index in [-0.39, 0.29) is 12.4 Å². The summed E-state index contributed by atoms with van der Waals surface area (Å²) in [5.74, 6) is 0.577. The van der Waals surface area contributed by atoms with E-state index in [2.05, 4.69) is 5.32 Å². The number of hydrogen-bond donors (Lipinski definition) is 2. The topological polar surface area (TPSA) is 58.6 Å². The van der Waals surface area contributed by atoms with Gasteiger partial charge in [0, 0.05) is 13.0 Å². The average molecular weight is 313 g/mol.